The van der Waals surface area contributed by atoms with Crippen LogP contribution in [0.2, 0.25) is 0 Å². The van der Waals surface area contributed by atoms with Crippen molar-refractivity contribution < 1.29 is 0 Å². The van der Waals surface area contributed by atoms with Crippen LogP contribution in [0.25, 0.3) is 0 Å². The smallest absolute Gasteiger partial charge is 0.138 e. The SMILES string of the molecule is CNc1nc(C(C)(C)C)nc(N2CCC(C(C)C)C2)c1C. The van der Waals surface area contributed by atoms with E-state index in [2.05, 4.69) is 51.8 Å². The molecule has 4 heteroatoms. The Morgan fingerprint density at radius 2 is 1.90 bits per heavy atom. The summed E-state index contributed by atoms with van der Waals surface area (Å²) in [7, 11) is 1.94. The molecule has 0 aromatic carbocycles. The highest BCUT2D eigenvalue weighted by atomic mass is 15.2. The average molecular weight is 290 g/mol. The Labute approximate surface area is 129 Å². The molecule has 4 nitrogen and oxygen atoms in total. The molecule has 0 bridgehead atoms. The van der Waals surface area contributed by atoms with E-state index in [1.165, 1.54) is 6.42 Å². The molecule has 1 aliphatic heterocycles. The van der Waals surface area contributed by atoms with Gasteiger partial charge < -0.3 is 10.2 Å². The standard InChI is InChI=1S/C17H30N4/c1-11(2)13-8-9-21(10-13)15-12(3)14(18-7)19-16(20-15)17(4,5)6/h11,13H,8-10H2,1-7H3,(H,18,19,20). The second-order valence-corrected chi connectivity index (χ2v) is 7.58. The summed E-state index contributed by atoms with van der Waals surface area (Å²) in [5.74, 6) is 4.50. The summed E-state index contributed by atoms with van der Waals surface area (Å²) >= 11 is 0. The van der Waals surface area contributed by atoms with Crippen LogP contribution in [0.1, 0.15) is 52.4 Å². The molecule has 1 aromatic rings. The van der Waals surface area contributed by atoms with Crippen LogP contribution in [0.15, 0.2) is 0 Å². The summed E-state index contributed by atoms with van der Waals surface area (Å²) in [6.45, 7) is 15.5. The molecule has 1 atom stereocenters. The summed E-state index contributed by atoms with van der Waals surface area (Å²) in [5.41, 5.74) is 1.13. The van der Waals surface area contributed by atoms with Crippen LogP contribution in [0.4, 0.5) is 11.6 Å². The third-order valence-corrected chi connectivity index (χ3v) is 4.49. The van der Waals surface area contributed by atoms with Gasteiger partial charge in [-0.05, 0) is 25.2 Å². The fourth-order valence-electron chi connectivity index (χ4n) is 2.92. The van der Waals surface area contributed by atoms with E-state index < -0.39 is 0 Å². The van der Waals surface area contributed by atoms with Gasteiger partial charge >= 0.3 is 0 Å². The lowest BCUT2D eigenvalue weighted by Crippen LogP contribution is -2.26. The van der Waals surface area contributed by atoms with Crippen molar-refractivity contribution in [2.75, 3.05) is 30.4 Å². The van der Waals surface area contributed by atoms with E-state index in [4.69, 9.17) is 9.97 Å². The van der Waals surface area contributed by atoms with Crippen LogP contribution in [0, 0.1) is 18.8 Å². The number of aromatic nitrogens is 2. The minimum absolute atomic E-state index is 0.0365. The lowest BCUT2D eigenvalue weighted by atomic mass is 9.95. The summed E-state index contributed by atoms with van der Waals surface area (Å²) in [4.78, 5) is 12.0. The minimum atomic E-state index is -0.0365. The van der Waals surface area contributed by atoms with E-state index in [1.807, 2.05) is 7.05 Å². The van der Waals surface area contributed by atoms with E-state index in [0.29, 0.717) is 0 Å². The van der Waals surface area contributed by atoms with Gasteiger partial charge in [-0.25, -0.2) is 9.97 Å². The third kappa shape index (κ3) is 3.30. The van der Waals surface area contributed by atoms with Crippen molar-refractivity contribution in [1.29, 1.82) is 0 Å². The molecule has 1 N–H and O–H groups in total. The molecular formula is C17H30N4. The van der Waals surface area contributed by atoms with E-state index in [1.54, 1.807) is 0 Å². The zero-order chi connectivity index (χ0) is 15.8. The molecule has 1 saturated heterocycles. The highest BCUT2D eigenvalue weighted by Crippen LogP contribution is 2.33. The molecule has 1 aliphatic rings. The lowest BCUT2D eigenvalue weighted by Gasteiger charge is -2.25. The molecule has 21 heavy (non-hydrogen) atoms. The third-order valence-electron chi connectivity index (χ3n) is 4.49. The average Bonchev–Trinajstić information content (AvgIpc) is 2.87. The summed E-state index contributed by atoms with van der Waals surface area (Å²) < 4.78 is 0. The van der Waals surface area contributed by atoms with Crippen molar-refractivity contribution in [2.24, 2.45) is 11.8 Å². The normalized spacial score (nSPS) is 19.4. The quantitative estimate of drug-likeness (QED) is 0.923. The summed E-state index contributed by atoms with van der Waals surface area (Å²) in [6, 6.07) is 0. The van der Waals surface area contributed by atoms with Gasteiger partial charge in [0.1, 0.15) is 17.5 Å². The Hall–Kier alpha value is -1.32. The van der Waals surface area contributed by atoms with Crippen molar-refractivity contribution in [3.8, 4) is 0 Å². The number of nitrogens with zero attached hydrogens (tertiary/aromatic N) is 3. The van der Waals surface area contributed by atoms with Crippen molar-refractivity contribution >= 4 is 11.6 Å². The first kappa shape index (κ1) is 16.1. The maximum absolute atomic E-state index is 4.90. The van der Waals surface area contributed by atoms with Gasteiger partial charge in [0.25, 0.3) is 0 Å². The maximum atomic E-state index is 4.90. The van der Waals surface area contributed by atoms with Gasteiger partial charge in [0, 0.05) is 31.1 Å². The Morgan fingerprint density at radius 3 is 2.38 bits per heavy atom. The molecule has 118 valence electrons. The van der Waals surface area contributed by atoms with E-state index >= 15 is 0 Å². The fraction of sp³-hybridized carbons (Fsp3) is 0.765. The number of rotatable bonds is 3. The predicted octanol–water partition coefficient (Wildman–Crippen LogP) is 3.61. The summed E-state index contributed by atoms with van der Waals surface area (Å²) in [5, 5.41) is 3.23. The van der Waals surface area contributed by atoms with Crippen LogP contribution in [-0.2, 0) is 5.41 Å². The topological polar surface area (TPSA) is 41.1 Å². The van der Waals surface area contributed by atoms with Gasteiger partial charge in [0.15, 0.2) is 0 Å². The number of hydrogen-bond donors (Lipinski definition) is 1. The van der Waals surface area contributed by atoms with Gasteiger partial charge in [0.2, 0.25) is 0 Å². The Kier molecular flexibility index (Phi) is 4.45. The molecule has 0 radical (unpaired) electrons. The molecule has 2 rings (SSSR count). The first-order valence-corrected chi connectivity index (χ1v) is 8.06. The Morgan fingerprint density at radius 1 is 1.24 bits per heavy atom. The zero-order valence-electron chi connectivity index (χ0n) is 14.6. The second kappa shape index (κ2) is 5.82. The maximum Gasteiger partial charge on any atom is 0.138 e. The predicted molar refractivity (Wildman–Crippen MR) is 90.2 cm³/mol. The zero-order valence-corrected chi connectivity index (χ0v) is 14.6. The molecular weight excluding hydrogens is 260 g/mol. The van der Waals surface area contributed by atoms with Gasteiger partial charge in [0.05, 0.1) is 0 Å². The number of nitrogens with one attached hydrogen (secondary N) is 1. The van der Waals surface area contributed by atoms with Crippen molar-refractivity contribution in [2.45, 2.75) is 53.4 Å². The van der Waals surface area contributed by atoms with E-state index in [0.717, 1.165) is 47.9 Å². The molecule has 0 spiro atoms. The van der Waals surface area contributed by atoms with Crippen LogP contribution in [-0.4, -0.2) is 30.1 Å². The van der Waals surface area contributed by atoms with Crippen LogP contribution in [0.5, 0.6) is 0 Å². The van der Waals surface area contributed by atoms with Gasteiger partial charge in [-0.1, -0.05) is 34.6 Å². The highest BCUT2D eigenvalue weighted by molar-refractivity contribution is 5.59. The van der Waals surface area contributed by atoms with Crippen molar-refractivity contribution in [3.63, 3.8) is 0 Å². The molecule has 0 saturated carbocycles. The van der Waals surface area contributed by atoms with Gasteiger partial charge in [-0.3, -0.25) is 0 Å². The van der Waals surface area contributed by atoms with Crippen molar-refractivity contribution in [1.82, 2.24) is 9.97 Å². The van der Waals surface area contributed by atoms with Gasteiger partial charge in [-0.2, -0.15) is 0 Å². The molecule has 1 fully saturated rings. The molecule has 0 amide bonds. The summed E-state index contributed by atoms with van der Waals surface area (Å²) in [6.07, 6.45) is 1.26. The van der Waals surface area contributed by atoms with E-state index in [9.17, 15) is 0 Å². The fourth-order valence-corrected chi connectivity index (χ4v) is 2.92. The van der Waals surface area contributed by atoms with Crippen LogP contribution in [0.3, 0.4) is 0 Å². The lowest BCUT2D eigenvalue weighted by molar-refractivity contribution is 0.422. The molecule has 1 unspecified atom stereocenters. The molecule has 1 aromatic heterocycles. The Balaban J connectivity index is 2.39. The largest absolute Gasteiger partial charge is 0.373 e. The van der Waals surface area contributed by atoms with Crippen LogP contribution >= 0.6 is 0 Å². The first-order valence-electron chi connectivity index (χ1n) is 8.06. The van der Waals surface area contributed by atoms with Crippen LogP contribution < -0.4 is 10.2 Å². The number of anilines is 2. The van der Waals surface area contributed by atoms with Crippen molar-refractivity contribution in [3.05, 3.63) is 11.4 Å². The highest BCUT2D eigenvalue weighted by Gasteiger charge is 2.29. The monoisotopic (exact) mass is 290 g/mol. The molecule has 2 heterocycles. The second-order valence-electron chi connectivity index (χ2n) is 7.58. The van der Waals surface area contributed by atoms with E-state index in [-0.39, 0.29) is 5.41 Å². The minimum Gasteiger partial charge on any atom is -0.373 e. The molecule has 0 aliphatic carbocycles. The van der Waals surface area contributed by atoms with Gasteiger partial charge in [-0.15, -0.1) is 0 Å². The Bertz CT molecular complexity index is 502. The first-order chi connectivity index (χ1) is 9.74. The number of hydrogen-bond acceptors (Lipinski definition) is 4.